The minimum Gasteiger partial charge on any atom is -0.484 e. The summed E-state index contributed by atoms with van der Waals surface area (Å²) in [6.07, 6.45) is 1.25. The lowest BCUT2D eigenvalue weighted by molar-refractivity contribution is -0.143. The summed E-state index contributed by atoms with van der Waals surface area (Å²) in [6, 6.07) is 8.21. The zero-order chi connectivity index (χ0) is 24.7. The molecule has 2 amide bonds. The molecule has 0 unspecified atom stereocenters. The third kappa shape index (κ3) is 7.62. The number of halogens is 3. The van der Waals surface area contributed by atoms with Crippen molar-refractivity contribution in [3.05, 3.63) is 61.5 Å². The molecule has 2 aromatic rings. The number of benzene rings is 2. The molecular weight excluding hydrogens is 527 g/mol. The summed E-state index contributed by atoms with van der Waals surface area (Å²) in [5.41, 5.74) is 2.74. The van der Waals surface area contributed by atoms with Gasteiger partial charge in [0, 0.05) is 27.1 Å². The van der Waals surface area contributed by atoms with E-state index in [0.717, 1.165) is 22.0 Å². The van der Waals surface area contributed by atoms with Crippen LogP contribution in [0.1, 0.15) is 50.3 Å². The molecule has 0 spiro atoms. The van der Waals surface area contributed by atoms with Crippen LogP contribution in [0.3, 0.4) is 0 Å². The first-order valence-corrected chi connectivity index (χ1v) is 12.6. The van der Waals surface area contributed by atoms with Crippen LogP contribution >= 0.6 is 39.1 Å². The van der Waals surface area contributed by atoms with Crippen LogP contribution in [0.25, 0.3) is 0 Å². The Kier molecular flexibility index (Phi) is 10.5. The van der Waals surface area contributed by atoms with Crippen LogP contribution in [0.5, 0.6) is 5.75 Å². The molecule has 0 saturated carbocycles. The van der Waals surface area contributed by atoms with Crippen LogP contribution in [-0.2, 0) is 16.1 Å². The second-order valence-electron chi connectivity index (χ2n) is 8.16. The summed E-state index contributed by atoms with van der Waals surface area (Å²) in [5.74, 6) is 0.106. The predicted octanol–water partition coefficient (Wildman–Crippen LogP) is 6.47. The van der Waals surface area contributed by atoms with Gasteiger partial charge < -0.3 is 15.0 Å². The van der Waals surface area contributed by atoms with Gasteiger partial charge in [0.05, 0.1) is 0 Å². The van der Waals surface area contributed by atoms with Crippen molar-refractivity contribution in [1.82, 2.24) is 10.2 Å². The van der Waals surface area contributed by atoms with Gasteiger partial charge in [-0.05, 0) is 74.6 Å². The molecule has 0 aliphatic carbocycles. The number of rotatable bonds is 10. The smallest absolute Gasteiger partial charge is 0.261 e. The first-order chi connectivity index (χ1) is 15.6. The van der Waals surface area contributed by atoms with E-state index in [9.17, 15) is 9.59 Å². The zero-order valence-electron chi connectivity index (χ0n) is 19.7. The lowest BCUT2D eigenvalue weighted by Crippen LogP contribution is -2.51. The van der Waals surface area contributed by atoms with E-state index in [2.05, 4.69) is 21.2 Å². The minimum absolute atomic E-state index is 0.00703. The molecule has 0 aromatic heterocycles. The number of carbonyl (C=O) groups excluding carboxylic acids is 2. The third-order valence-corrected chi connectivity index (χ3v) is 7.35. The number of hydrogen-bond acceptors (Lipinski definition) is 3. The number of nitrogens with one attached hydrogen (secondary N) is 1. The topological polar surface area (TPSA) is 58.6 Å². The fourth-order valence-electron chi connectivity index (χ4n) is 3.41. The van der Waals surface area contributed by atoms with E-state index in [1.54, 1.807) is 18.2 Å². The highest BCUT2D eigenvalue weighted by atomic mass is 79.9. The summed E-state index contributed by atoms with van der Waals surface area (Å²) in [7, 11) is 0. The number of hydrogen-bond donors (Lipinski definition) is 1. The SMILES string of the molecule is CC[C@@H](C)NC(=O)[C@@H](CC)N(Cc1ccc(Cl)cc1Cl)C(=O)COc1cc(C)c(Br)c(C)c1. The lowest BCUT2D eigenvalue weighted by Gasteiger charge is -2.31. The Morgan fingerprint density at radius 1 is 1.09 bits per heavy atom. The second kappa shape index (κ2) is 12.6. The molecule has 0 saturated heterocycles. The summed E-state index contributed by atoms with van der Waals surface area (Å²) < 4.78 is 6.84. The van der Waals surface area contributed by atoms with Gasteiger partial charge >= 0.3 is 0 Å². The zero-order valence-corrected chi connectivity index (χ0v) is 22.8. The molecule has 33 heavy (non-hydrogen) atoms. The minimum atomic E-state index is -0.657. The molecule has 5 nitrogen and oxygen atoms in total. The van der Waals surface area contributed by atoms with Crippen molar-refractivity contribution in [2.75, 3.05) is 6.61 Å². The molecular formula is C25H31BrCl2N2O3. The van der Waals surface area contributed by atoms with Crippen LogP contribution < -0.4 is 10.1 Å². The molecule has 0 radical (unpaired) electrons. The van der Waals surface area contributed by atoms with E-state index >= 15 is 0 Å². The number of ether oxygens (including phenoxy) is 1. The number of amides is 2. The lowest BCUT2D eigenvalue weighted by atomic mass is 10.1. The molecule has 0 heterocycles. The molecule has 0 aliphatic heterocycles. The Bertz CT molecular complexity index is 977. The molecule has 2 atom stereocenters. The Labute approximate surface area is 214 Å². The summed E-state index contributed by atoms with van der Waals surface area (Å²) in [4.78, 5) is 27.9. The van der Waals surface area contributed by atoms with Crippen LogP contribution in [0.4, 0.5) is 0 Å². The molecule has 2 rings (SSSR count). The summed E-state index contributed by atoms with van der Waals surface area (Å²) in [5, 5.41) is 3.94. The van der Waals surface area contributed by atoms with Gasteiger partial charge in [0.2, 0.25) is 5.91 Å². The van der Waals surface area contributed by atoms with Gasteiger partial charge in [0.1, 0.15) is 11.8 Å². The van der Waals surface area contributed by atoms with Gasteiger partial charge in [-0.2, -0.15) is 0 Å². The average Bonchev–Trinajstić information content (AvgIpc) is 2.76. The van der Waals surface area contributed by atoms with E-state index in [1.807, 2.05) is 46.8 Å². The average molecular weight is 558 g/mol. The Balaban J connectivity index is 2.29. The fourth-order valence-corrected chi connectivity index (χ4v) is 4.11. The van der Waals surface area contributed by atoms with Gasteiger partial charge in [-0.1, -0.05) is 59.0 Å². The normalized spacial score (nSPS) is 12.7. The molecule has 0 fully saturated rings. The number of carbonyl (C=O) groups is 2. The fraction of sp³-hybridized carbons (Fsp3) is 0.440. The van der Waals surface area contributed by atoms with Crippen LogP contribution in [0, 0.1) is 13.8 Å². The van der Waals surface area contributed by atoms with Crippen molar-refractivity contribution in [2.24, 2.45) is 0 Å². The van der Waals surface area contributed by atoms with E-state index in [4.69, 9.17) is 27.9 Å². The maximum absolute atomic E-state index is 13.3. The van der Waals surface area contributed by atoms with E-state index < -0.39 is 6.04 Å². The molecule has 180 valence electrons. The number of aryl methyl sites for hydroxylation is 2. The van der Waals surface area contributed by atoms with E-state index in [-0.39, 0.29) is 31.0 Å². The molecule has 0 aliphatic rings. The summed E-state index contributed by atoms with van der Waals surface area (Å²) >= 11 is 15.9. The predicted molar refractivity (Wildman–Crippen MR) is 138 cm³/mol. The van der Waals surface area contributed by atoms with Crippen LogP contribution in [0.15, 0.2) is 34.8 Å². The Morgan fingerprint density at radius 3 is 2.27 bits per heavy atom. The molecule has 8 heteroatoms. The van der Waals surface area contributed by atoms with Gasteiger partial charge in [-0.3, -0.25) is 9.59 Å². The maximum atomic E-state index is 13.3. The van der Waals surface area contributed by atoms with Crippen molar-refractivity contribution in [1.29, 1.82) is 0 Å². The van der Waals surface area contributed by atoms with E-state index in [1.165, 1.54) is 4.90 Å². The highest BCUT2D eigenvalue weighted by Crippen LogP contribution is 2.27. The van der Waals surface area contributed by atoms with Crippen molar-refractivity contribution in [2.45, 2.75) is 66.1 Å². The number of nitrogens with zero attached hydrogens (tertiary/aromatic N) is 1. The first kappa shape index (κ1) is 27.5. The summed E-state index contributed by atoms with van der Waals surface area (Å²) in [6.45, 7) is 9.72. The van der Waals surface area contributed by atoms with Crippen molar-refractivity contribution < 1.29 is 14.3 Å². The highest BCUT2D eigenvalue weighted by Gasteiger charge is 2.30. The van der Waals surface area contributed by atoms with Gasteiger partial charge in [-0.15, -0.1) is 0 Å². The van der Waals surface area contributed by atoms with Crippen molar-refractivity contribution in [3.8, 4) is 5.75 Å². The Morgan fingerprint density at radius 2 is 1.73 bits per heavy atom. The quantitative estimate of drug-likeness (QED) is 0.364. The van der Waals surface area contributed by atoms with Gasteiger partial charge in [0.15, 0.2) is 6.61 Å². The largest absolute Gasteiger partial charge is 0.484 e. The first-order valence-electron chi connectivity index (χ1n) is 11.0. The molecule has 0 bridgehead atoms. The second-order valence-corrected chi connectivity index (χ2v) is 9.80. The van der Waals surface area contributed by atoms with Crippen molar-refractivity contribution in [3.63, 3.8) is 0 Å². The molecule has 2 aromatic carbocycles. The van der Waals surface area contributed by atoms with Gasteiger partial charge in [-0.25, -0.2) is 0 Å². The van der Waals surface area contributed by atoms with Crippen LogP contribution in [0.2, 0.25) is 10.0 Å². The van der Waals surface area contributed by atoms with E-state index in [0.29, 0.717) is 27.8 Å². The maximum Gasteiger partial charge on any atom is 0.261 e. The highest BCUT2D eigenvalue weighted by molar-refractivity contribution is 9.10. The van der Waals surface area contributed by atoms with Crippen molar-refractivity contribution >= 4 is 50.9 Å². The van der Waals surface area contributed by atoms with Crippen LogP contribution in [-0.4, -0.2) is 35.4 Å². The Hall–Kier alpha value is -1.76. The molecule has 1 N–H and O–H groups in total. The monoisotopic (exact) mass is 556 g/mol. The standard InChI is InChI=1S/C25H31BrCl2N2O3/c1-6-17(5)29-25(32)22(7-2)30(13-18-8-9-19(27)12-21(18)28)23(31)14-33-20-10-15(3)24(26)16(4)11-20/h8-12,17,22H,6-7,13-14H2,1-5H3,(H,29,32)/t17-,22-/m1/s1. The van der Waals surface area contributed by atoms with Gasteiger partial charge in [0.25, 0.3) is 5.91 Å². The third-order valence-electron chi connectivity index (χ3n) is 5.52.